The van der Waals surface area contributed by atoms with Crippen molar-refractivity contribution in [2.24, 2.45) is 0 Å². The molecule has 4 nitrogen and oxygen atoms in total. The fraction of sp³-hybridized carbons (Fsp3) is 0.0769. The molecule has 1 N–H and O–H groups in total. The molecule has 0 aliphatic heterocycles. The number of rotatable bonds is 4. The van der Waals surface area contributed by atoms with Crippen LogP contribution in [0.25, 0.3) is 0 Å². The van der Waals surface area contributed by atoms with Gasteiger partial charge in [-0.25, -0.2) is 4.79 Å². The van der Waals surface area contributed by atoms with Crippen LogP contribution < -0.4 is 4.74 Å². The highest BCUT2D eigenvalue weighted by Gasteiger charge is 2.10. The normalized spacial score (nSPS) is 9.88. The summed E-state index contributed by atoms with van der Waals surface area (Å²) in [5.41, 5.74) is 0.590. The first kappa shape index (κ1) is 11.1. The van der Waals surface area contributed by atoms with Crippen molar-refractivity contribution in [2.45, 2.75) is 6.61 Å². The van der Waals surface area contributed by atoms with Crippen LogP contribution in [0, 0.1) is 0 Å². The van der Waals surface area contributed by atoms with Crippen LogP contribution in [0.15, 0.2) is 48.7 Å². The molecule has 0 amide bonds. The number of aromatic carboxylic acids is 1. The van der Waals surface area contributed by atoms with Crippen molar-refractivity contribution in [3.8, 4) is 5.75 Å². The van der Waals surface area contributed by atoms with Crippen LogP contribution in [0.4, 0.5) is 0 Å². The summed E-state index contributed by atoms with van der Waals surface area (Å²) in [5.74, 6) is -0.306. The summed E-state index contributed by atoms with van der Waals surface area (Å²) in [5, 5.41) is 8.97. The molecule has 0 radical (unpaired) electrons. The third-order valence-corrected chi connectivity index (χ3v) is 2.24. The van der Waals surface area contributed by atoms with Gasteiger partial charge >= 0.3 is 5.97 Å². The minimum Gasteiger partial charge on any atom is -0.487 e. The van der Waals surface area contributed by atoms with E-state index in [4.69, 9.17) is 9.84 Å². The quantitative estimate of drug-likeness (QED) is 0.874. The van der Waals surface area contributed by atoms with Crippen LogP contribution in [0.2, 0.25) is 0 Å². The number of benzene rings is 1. The summed E-state index contributed by atoms with van der Waals surface area (Å²) in [7, 11) is 0. The fourth-order valence-electron chi connectivity index (χ4n) is 1.42. The van der Waals surface area contributed by atoms with E-state index in [0.29, 0.717) is 11.4 Å². The van der Waals surface area contributed by atoms with Crippen molar-refractivity contribution in [3.63, 3.8) is 0 Å². The molecule has 2 rings (SSSR count). The maximum Gasteiger partial charge on any atom is 0.337 e. The average molecular weight is 229 g/mol. The number of nitrogens with zero attached hydrogens (tertiary/aromatic N) is 1. The summed E-state index contributed by atoms with van der Waals surface area (Å²) in [6.07, 6.45) is 1.55. The second kappa shape index (κ2) is 5.12. The van der Waals surface area contributed by atoms with Gasteiger partial charge in [0.2, 0.25) is 0 Å². The van der Waals surface area contributed by atoms with Gasteiger partial charge in [-0.05, 0) is 24.3 Å². The number of carboxylic acids is 1. The van der Waals surface area contributed by atoms with E-state index >= 15 is 0 Å². The van der Waals surface area contributed by atoms with E-state index in [2.05, 4.69) is 4.98 Å². The minimum atomic E-state index is -0.996. The van der Waals surface area contributed by atoms with E-state index < -0.39 is 5.97 Å². The number of hydrogen-bond acceptors (Lipinski definition) is 3. The highest BCUT2D eigenvalue weighted by Crippen LogP contribution is 2.12. The van der Waals surface area contributed by atoms with E-state index in [-0.39, 0.29) is 12.2 Å². The van der Waals surface area contributed by atoms with Crippen molar-refractivity contribution >= 4 is 5.97 Å². The van der Waals surface area contributed by atoms with Crippen molar-refractivity contribution in [3.05, 3.63) is 59.9 Å². The van der Waals surface area contributed by atoms with E-state index in [9.17, 15) is 4.79 Å². The molecule has 0 saturated heterocycles. The monoisotopic (exact) mass is 229 g/mol. The third kappa shape index (κ3) is 2.81. The smallest absolute Gasteiger partial charge is 0.337 e. The van der Waals surface area contributed by atoms with Gasteiger partial charge in [-0.3, -0.25) is 4.98 Å². The predicted molar refractivity (Wildman–Crippen MR) is 62.0 cm³/mol. The van der Waals surface area contributed by atoms with E-state index in [1.807, 2.05) is 30.3 Å². The van der Waals surface area contributed by atoms with E-state index in [1.165, 1.54) is 6.07 Å². The molecule has 4 heteroatoms. The van der Waals surface area contributed by atoms with Crippen LogP contribution >= 0.6 is 0 Å². The second-order valence-electron chi connectivity index (χ2n) is 3.40. The zero-order valence-electron chi connectivity index (χ0n) is 9.04. The molecule has 86 valence electrons. The lowest BCUT2D eigenvalue weighted by Gasteiger charge is -2.07. The third-order valence-electron chi connectivity index (χ3n) is 2.24. The first-order chi connectivity index (χ1) is 8.27. The Hall–Kier alpha value is -2.36. The first-order valence-electron chi connectivity index (χ1n) is 5.12. The molecule has 1 heterocycles. The zero-order chi connectivity index (χ0) is 12.1. The molecule has 0 saturated carbocycles. The standard InChI is InChI=1S/C13H11NO3/c15-13(16)11-7-4-8-14-12(11)9-17-10-5-2-1-3-6-10/h1-8H,9H2,(H,15,16). The SMILES string of the molecule is O=C(O)c1cccnc1COc1ccccc1. The van der Waals surface area contributed by atoms with Gasteiger partial charge in [0.25, 0.3) is 0 Å². The summed E-state index contributed by atoms with van der Waals surface area (Å²) < 4.78 is 5.46. The van der Waals surface area contributed by atoms with Crippen LogP contribution in [0.5, 0.6) is 5.75 Å². The maximum absolute atomic E-state index is 10.9. The molecule has 0 unspecified atom stereocenters. The number of hydrogen-bond donors (Lipinski definition) is 1. The Morgan fingerprint density at radius 1 is 1.18 bits per heavy atom. The van der Waals surface area contributed by atoms with Gasteiger partial charge in [-0.2, -0.15) is 0 Å². The Bertz CT molecular complexity index is 511. The number of pyridine rings is 1. The number of carboxylic acid groups (broad SMARTS) is 1. The number of aromatic nitrogens is 1. The highest BCUT2D eigenvalue weighted by atomic mass is 16.5. The maximum atomic E-state index is 10.9. The summed E-state index contributed by atoms with van der Waals surface area (Å²) >= 11 is 0. The summed E-state index contributed by atoms with van der Waals surface area (Å²) in [4.78, 5) is 14.9. The topological polar surface area (TPSA) is 59.4 Å². The lowest BCUT2D eigenvalue weighted by Crippen LogP contribution is -2.07. The van der Waals surface area contributed by atoms with Crippen LogP contribution in [-0.4, -0.2) is 16.1 Å². The molecule has 0 fully saturated rings. The Labute approximate surface area is 98.5 Å². The van der Waals surface area contributed by atoms with Crippen molar-refractivity contribution in [1.82, 2.24) is 4.98 Å². The van der Waals surface area contributed by atoms with Crippen LogP contribution in [0.1, 0.15) is 16.1 Å². The Morgan fingerprint density at radius 2 is 1.94 bits per heavy atom. The summed E-state index contributed by atoms with van der Waals surface area (Å²) in [6, 6.07) is 12.3. The lowest BCUT2D eigenvalue weighted by molar-refractivity contribution is 0.0693. The molecule has 0 atom stereocenters. The molecule has 0 spiro atoms. The second-order valence-corrected chi connectivity index (χ2v) is 3.40. The number of carbonyl (C=O) groups is 1. The highest BCUT2D eigenvalue weighted by molar-refractivity contribution is 5.88. The van der Waals surface area contributed by atoms with Gasteiger partial charge in [-0.1, -0.05) is 18.2 Å². The Morgan fingerprint density at radius 3 is 2.65 bits per heavy atom. The average Bonchev–Trinajstić information content (AvgIpc) is 2.38. The van der Waals surface area contributed by atoms with Crippen LogP contribution in [0.3, 0.4) is 0 Å². The van der Waals surface area contributed by atoms with Crippen molar-refractivity contribution in [2.75, 3.05) is 0 Å². The predicted octanol–water partition coefficient (Wildman–Crippen LogP) is 2.36. The van der Waals surface area contributed by atoms with Gasteiger partial charge in [-0.15, -0.1) is 0 Å². The molecular weight excluding hydrogens is 218 g/mol. The fourth-order valence-corrected chi connectivity index (χ4v) is 1.42. The van der Waals surface area contributed by atoms with Gasteiger partial charge in [0.15, 0.2) is 0 Å². The van der Waals surface area contributed by atoms with Crippen LogP contribution in [-0.2, 0) is 6.61 Å². The Kier molecular flexibility index (Phi) is 3.35. The molecular formula is C13H11NO3. The molecule has 17 heavy (non-hydrogen) atoms. The van der Waals surface area contributed by atoms with Gasteiger partial charge in [0.1, 0.15) is 12.4 Å². The van der Waals surface area contributed by atoms with Gasteiger partial charge < -0.3 is 9.84 Å². The molecule has 1 aromatic carbocycles. The zero-order valence-corrected chi connectivity index (χ0v) is 9.04. The van der Waals surface area contributed by atoms with E-state index in [1.54, 1.807) is 12.3 Å². The number of para-hydroxylation sites is 1. The molecule has 2 aromatic rings. The molecule has 0 bridgehead atoms. The van der Waals surface area contributed by atoms with Crippen molar-refractivity contribution < 1.29 is 14.6 Å². The number of ether oxygens (including phenoxy) is 1. The molecule has 0 aliphatic rings. The largest absolute Gasteiger partial charge is 0.487 e. The lowest BCUT2D eigenvalue weighted by atomic mass is 10.2. The molecule has 0 aliphatic carbocycles. The summed E-state index contributed by atoms with van der Waals surface area (Å²) in [6.45, 7) is 0.145. The van der Waals surface area contributed by atoms with Gasteiger partial charge in [0, 0.05) is 6.20 Å². The van der Waals surface area contributed by atoms with Crippen molar-refractivity contribution in [1.29, 1.82) is 0 Å². The first-order valence-corrected chi connectivity index (χ1v) is 5.12. The minimum absolute atomic E-state index is 0.145. The molecule has 1 aromatic heterocycles. The van der Waals surface area contributed by atoms with Gasteiger partial charge in [0.05, 0.1) is 11.3 Å². The Balaban J connectivity index is 2.12. The van der Waals surface area contributed by atoms with E-state index in [0.717, 1.165) is 0 Å².